The van der Waals surface area contributed by atoms with E-state index >= 15 is 0 Å². The topological polar surface area (TPSA) is 28.2 Å². The van der Waals surface area contributed by atoms with Crippen molar-refractivity contribution >= 4 is 0 Å². The maximum atomic E-state index is 4.35. The molecule has 1 N–H and O–H groups in total. The summed E-state index contributed by atoms with van der Waals surface area (Å²) in [6, 6.07) is 2.89. The van der Waals surface area contributed by atoms with Gasteiger partial charge in [-0.3, -0.25) is 9.88 Å². The number of aryl methyl sites for hydroxylation is 1. The summed E-state index contributed by atoms with van der Waals surface area (Å²) in [5.74, 6) is 0.719. The van der Waals surface area contributed by atoms with Crippen LogP contribution >= 0.6 is 0 Å². The van der Waals surface area contributed by atoms with Crippen molar-refractivity contribution in [2.24, 2.45) is 5.92 Å². The molecular weight excluding hydrogens is 258 g/mol. The zero-order valence-corrected chi connectivity index (χ0v) is 14.3. The molecule has 3 nitrogen and oxygen atoms in total. The molecule has 0 aromatic carbocycles. The fourth-order valence-corrected chi connectivity index (χ4v) is 3.28. The van der Waals surface area contributed by atoms with Crippen molar-refractivity contribution in [3.8, 4) is 0 Å². The van der Waals surface area contributed by atoms with Gasteiger partial charge in [0, 0.05) is 43.6 Å². The first kappa shape index (κ1) is 16.4. The molecule has 21 heavy (non-hydrogen) atoms. The van der Waals surface area contributed by atoms with Gasteiger partial charge in [-0.25, -0.2) is 0 Å². The number of nitrogens with zero attached hydrogens (tertiary/aromatic N) is 2. The molecule has 1 saturated heterocycles. The van der Waals surface area contributed by atoms with Crippen LogP contribution in [0, 0.1) is 12.8 Å². The molecule has 3 atom stereocenters. The largest absolute Gasteiger partial charge is 0.309 e. The molecule has 0 aliphatic carbocycles. The van der Waals surface area contributed by atoms with Crippen LogP contribution in [0.4, 0.5) is 0 Å². The van der Waals surface area contributed by atoms with Gasteiger partial charge in [0.15, 0.2) is 0 Å². The molecule has 2 heterocycles. The molecule has 1 aromatic rings. The van der Waals surface area contributed by atoms with Crippen LogP contribution in [0.2, 0.25) is 0 Å². The van der Waals surface area contributed by atoms with Crippen LogP contribution in [0.25, 0.3) is 0 Å². The molecule has 3 heteroatoms. The first-order chi connectivity index (χ1) is 9.97. The maximum absolute atomic E-state index is 4.35. The van der Waals surface area contributed by atoms with Gasteiger partial charge in [-0.05, 0) is 37.3 Å². The Hall–Kier alpha value is -0.930. The van der Waals surface area contributed by atoms with Gasteiger partial charge in [-0.2, -0.15) is 0 Å². The number of hydrogen-bond acceptors (Lipinski definition) is 3. The van der Waals surface area contributed by atoms with Crippen LogP contribution in [0.15, 0.2) is 18.5 Å². The number of piperazine rings is 1. The lowest BCUT2D eigenvalue weighted by atomic mass is 9.88. The number of nitrogens with one attached hydrogen (secondary N) is 1. The summed E-state index contributed by atoms with van der Waals surface area (Å²) in [4.78, 5) is 7.03. The summed E-state index contributed by atoms with van der Waals surface area (Å²) in [6.07, 6.45) is 6.36. The summed E-state index contributed by atoms with van der Waals surface area (Å²) in [5, 5.41) is 3.78. The van der Waals surface area contributed by atoms with E-state index in [-0.39, 0.29) is 5.54 Å². The fraction of sp³-hybridized carbons (Fsp3) is 0.722. The van der Waals surface area contributed by atoms with Gasteiger partial charge in [-0.1, -0.05) is 33.3 Å². The van der Waals surface area contributed by atoms with Crippen LogP contribution in [0.1, 0.15) is 51.7 Å². The molecule has 0 bridgehead atoms. The van der Waals surface area contributed by atoms with Gasteiger partial charge in [0.1, 0.15) is 0 Å². The zero-order valence-electron chi connectivity index (χ0n) is 14.3. The third kappa shape index (κ3) is 4.04. The molecule has 118 valence electrons. The number of rotatable bonds is 5. The average Bonchev–Trinajstić information content (AvgIpc) is 2.47. The van der Waals surface area contributed by atoms with E-state index in [0.717, 1.165) is 25.6 Å². The summed E-state index contributed by atoms with van der Waals surface area (Å²) in [6.45, 7) is 14.7. The molecule has 1 aliphatic rings. The molecule has 0 amide bonds. The van der Waals surface area contributed by atoms with E-state index in [1.165, 1.54) is 24.0 Å². The second kappa shape index (κ2) is 6.89. The highest BCUT2D eigenvalue weighted by Crippen LogP contribution is 2.26. The van der Waals surface area contributed by atoms with Crippen molar-refractivity contribution in [2.45, 2.75) is 65.6 Å². The Balaban J connectivity index is 2.16. The molecule has 3 unspecified atom stereocenters. The predicted molar refractivity (Wildman–Crippen MR) is 89.3 cm³/mol. The lowest BCUT2D eigenvalue weighted by molar-refractivity contribution is 0.0486. The van der Waals surface area contributed by atoms with Crippen molar-refractivity contribution in [2.75, 3.05) is 13.1 Å². The van der Waals surface area contributed by atoms with Crippen molar-refractivity contribution in [3.63, 3.8) is 0 Å². The minimum absolute atomic E-state index is 0.237. The van der Waals surface area contributed by atoms with Crippen molar-refractivity contribution in [3.05, 3.63) is 29.6 Å². The molecular formula is C18H31N3. The van der Waals surface area contributed by atoms with Crippen molar-refractivity contribution < 1.29 is 0 Å². The van der Waals surface area contributed by atoms with Gasteiger partial charge in [-0.15, -0.1) is 0 Å². The highest BCUT2D eigenvalue weighted by Gasteiger charge is 2.36. The van der Waals surface area contributed by atoms with E-state index < -0.39 is 0 Å². The lowest BCUT2D eigenvalue weighted by Gasteiger charge is -2.48. The van der Waals surface area contributed by atoms with Crippen LogP contribution in [-0.2, 0) is 6.54 Å². The number of hydrogen-bond donors (Lipinski definition) is 1. The average molecular weight is 289 g/mol. The van der Waals surface area contributed by atoms with Crippen LogP contribution in [-0.4, -0.2) is 34.6 Å². The van der Waals surface area contributed by atoms with E-state index in [1.807, 2.05) is 12.4 Å². The van der Waals surface area contributed by atoms with Crippen LogP contribution in [0.3, 0.4) is 0 Å². The van der Waals surface area contributed by atoms with Gasteiger partial charge in [0.05, 0.1) is 0 Å². The highest BCUT2D eigenvalue weighted by molar-refractivity contribution is 5.17. The van der Waals surface area contributed by atoms with Gasteiger partial charge in [0.2, 0.25) is 0 Å². The Morgan fingerprint density at radius 1 is 1.43 bits per heavy atom. The van der Waals surface area contributed by atoms with Crippen LogP contribution in [0.5, 0.6) is 0 Å². The molecule has 2 rings (SSSR count). The van der Waals surface area contributed by atoms with E-state index in [9.17, 15) is 0 Å². The summed E-state index contributed by atoms with van der Waals surface area (Å²) in [7, 11) is 0. The van der Waals surface area contributed by atoms with E-state index in [4.69, 9.17) is 0 Å². The predicted octanol–water partition coefficient (Wildman–Crippen LogP) is 3.38. The Morgan fingerprint density at radius 2 is 2.19 bits per heavy atom. The monoisotopic (exact) mass is 289 g/mol. The first-order valence-electron chi connectivity index (χ1n) is 8.37. The number of aromatic nitrogens is 1. The second-order valence-corrected chi connectivity index (χ2v) is 7.02. The quantitative estimate of drug-likeness (QED) is 0.900. The van der Waals surface area contributed by atoms with Crippen molar-refractivity contribution in [1.29, 1.82) is 0 Å². The fourth-order valence-electron chi connectivity index (χ4n) is 3.28. The van der Waals surface area contributed by atoms with Crippen molar-refractivity contribution in [1.82, 2.24) is 15.2 Å². The standard InChI is InChI=1S/C18H31N3/c1-6-15(4)17-11-20-18(5,7-2)13-21(17)12-16-8-14(3)9-19-10-16/h8-10,15,17,20H,6-7,11-13H2,1-5H3. The Kier molecular flexibility index (Phi) is 5.39. The Bertz CT molecular complexity index is 460. The number of pyridine rings is 1. The van der Waals surface area contributed by atoms with Gasteiger partial charge in [0.25, 0.3) is 0 Å². The molecule has 1 aliphatic heterocycles. The van der Waals surface area contributed by atoms with Gasteiger partial charge < -0.3 is 5.32 Å². The summed E-state index contributed by atoms with van der Waals surface area (Å²) >= 11 is 0. The first-order valence-corrected chi connectivity index (χ1v) is 8.37. The maximum Gasteiger partial charge on any atom is 0.0313 e. The highest BCUT2D eigenvalue weighted by atomic mass is 15.3. The van der Waals surface area contributed by atoms with E-state index in [1.54, 1.807) is 0 Å². The van der Waals surface area contributed by atoms with Crippen LogP contribution < -0.4 is 5.32 Å². The third-order valence-corrected chi connectivity index (χ3v) is 5.16. The molecule has 1 aromatic heterocycles. The Labute approximate surface area is 130 Å². The van der Waals surface area contributed by atoms with E-state index in [2.05, 4.69) is 55.9 Å². The SMILES string of the molecule is CCC(C)C1CNC(C)(CC)CN1Cc1cncc(C)c1. The minimum atomic E-state index is 0.237. The molecule has 0 radical (unpaired) electrons. The van der Waals surface area contributed by atoms with Gasteiger partial charge >= 0.3 is 0 Å². The third-order valence-electron chi connectivity index (χ3n) is 5.16. The second-order valence-electron chi connectivity index (χ2n) is 7.02. The molecule has 1 fully saturated rings. The summed E-state index contributed by atoms with van der Waals surface area (Å²) < 4.78 is 0. The smallest absolute Gasteiger partial charge is 0.0313 e. The normalized spacial score (nSPS) is 28.5. The summed E-state index contributed by atoms with van der Waals surface area (Å²) in [5.41, 5.74) is 2.82. The molecule has 0 saturated carbocycles. The van der Waals surface area contributed by atoms with E-state index in [0.29, 0.717) is 6.04 Å². The zero-order chi connectivity index (χ0) is 15.5. The Morgan fingerprint density at radius 3 is 2.81 bits per heavy atom. The minimum Gasteiger partial charge on any atom is -0.309 e. The lowest BCUT2D eigenvalue weighted by Crippen LogP contribution is -2.63. The molecule has 0 spiro atoms.